The Kier molecular flexibility index (Phi) is 2.59. The second kappa shape index (κ2) is 3.64. The Balaban J connectivity index is 2.07. The van der Waals surface area contributed by atoms with Crippen LogP contribution in [0, 0.1) is 5.92 Å². The van der Waals surface area contributed by atoms with Crippen molar-refractivity contribution < 1.29 is 5.11 Å². The molecule has 2 rings (SSSR count). The zero-order chi connectivity index (χ0) is 11.1. The molecule has 2 atom stereocenters. The number of hydrogen-bond acceptors (Lipinski definition) is 1. The van der Waals surface area contributed by atoms with Gasteiger partial charge in [-0.25, -0.2) is 0 Å². The minimum absolute atomic E-state index is 0.449. The Morgan fingerprint density at radius 1 is 1.27 bits per heavy atom. The second-order valence-corrected chi connectivity index (χ2v) is 5.20. The van der Waals surface area contributed by atoms with E-state index in [1.807, 2.05) is 13.8 Å². The summed E-state index contributed by atoms with van der Waals surface area (Å²) >= 11 is 0. The van der Waals surface area contributed by atoms with Crippen LogP contribution in [0.25, 0.3) is 0 Å². The Morgan fingerprint density at radius 3 is 2.27 bits per heavy atom. The van der Waals surface area contributed by atoms with Crippen LogP contribution in [-0.4, -0.2) is 10.7 Å². The van der Waals surface area contributed by atoms with Crippen molar-refractivity contribution in [3.8, 4) is 0 Å². The zero-order valence-electron chi connectivity index (χ0n) is 9.83. The molecule has 82 valence electrons. The average molecular weight is 204 g/mol. The summed E-state index contributed by atoms with van der Waals surface area (Å²) in [6.07, 6.45) is 2.23. The molecule has 0 heterocycles. The van der Waals surface area contributed by atoms with Crippen LogP contribution in [0.15, 0.2) is 24.3 Å². The van der Waals surface area contributed by atoms with Crippen LogP contribution < -0.4 is 0 Å². The Bertz CT molecular complexity index is 331. The van der Waals surface area contributed by atoms with Crippen molar-refractivity contribution in [2.45, 2.75) is 45.1 Å². The topological polar surface area (TPSA) is 20.2 Å². The van der Waals surface area contributed by atoms with Gasteiger partial charge in [0.25, 0.3) is 0 Å². The van der Waals surface area contributed by atoms with Crippen molar-refractivity contribution >= 4 is 0 Å². The molecule has 0 spiro atoms. The van der Waals surface area contributed by atoms with Crippen molar-refractivity contribution in [2.75, 3.05) is 0 Å². The predicted molar refractivity (Wildman–Crippen MR) is 63.0 cm³/mol. The average Bonchev–Trinajstić information content (AvgIpc) is 2.97. The molecule has 1 aliphatic carbocycles. The molecule has 0 aromatic heterocycles. The molecule has 1 aliphatic rings. The molecule has 0 radical (unpaired) electrons. The molecule has 1 nitrogen and oxygen atoms in total. The largest absolute Gasteiger partial charge is 0.390 e. The van der Waals surface area contributed by atoms with Gasteiger partial charge >= 0.3 is 0 Å². The highest BCUT2D eigenvalue weighted by Crippen LogP contribution is 2.53. The fourth-order valence-corrected chi connectivity index (χ4v) is 2.34. The highest BCUT2D eigenvalue weighted by atomic mass is 16.3. The predicted octanol–water partition coefficient (Wildman–Crippen LogP) is 3.12. The number of rotatable bonds is 3. The molecule has 0 unspecified atom stereocenters. The summed E-state index contributed by atoms with van der Waals surface area (Å²) in [6, 6.07) is 8.84. The Hall–Kier alpha value is -0.820. The van der Waals surface area contributed by atoms with Crippen LogP contribution >= 0.6 is 0 Å². The van der Waals surface area contributed by atoms with Gasteiger partial charge in [0.15, 0.2) is 0 Å². The van der Waals surface area contributed by atoms with Crippen molar-refractivity contribution in [3.05, 3.63) is 35.4 Å². The van der Waals surface area contributed by atoms with Crippen LogP contribution in [0.2, 0.25) is 0 Å². The fraction of sp³-hybridized carbons (Fsp3) is 0.571. The summed E-state index contributed by atoms with van der Waals surface area (Å²) in [7, 11) is 0. The minimum Gasteiger partial charge on any atom is -0.390 e. The van der Waals surface area contributed by atoms with E-state index in [1.165, 1.54) is 11.1 Å². The highest BCUT2D eigenvalue weighted by molar-refractivity contribution is 5.30. The van der Waals surface area contributed by atoms with E-state index in [4.69, 9.17) is 0 Å². The highest BCUT2D eigenvalue weighted by Gasteiger charge is 2.47. The molecule has 1 heteroatoms. The van der Waals surface area contributed by atoms with Gasteiger partial charge in [-0.3, -0.25) is 0 Å². The lowest BCUT2D eigenvalue weighted by atomic mass is 9.98. The van der Waals surface area contributed by atoms with Crippen molar-refractivity contribution in [2.24, 2.45) is 5.92 Å². The Labute approximate surface area is 92.1 Å². The van der Waals surface area contributed by atoms with Gasteiger partial charge in [0.1, 0.15) is 0 Å². The molecule has 15 heavy (non-hydrogen) atoms. The monoisotopic (exact) mass is 204 g/mol. The molecule has 1 N–H and O–H groups in total. The summed E-state index contributed by atoms with van der Waals surface area (Å²) in [5.41, 5.74) is 2.26. The van der Waals surface area contributed by atoms with Crippen LogP contribution in [0.4, 0.5) is 0 Å². The molecular formula is C14H20O. The first-order valence-corrected chi connectivity index (χ1v) is 5.83. The Morgan fingerprint density at radius 2 is 1.87 bits per heavy atom. The first-order chi connectivity index (χ1) is 7.02. The van der Waals surface area contributed by atoms with Crippen LogP contribution in [0.5, 0.6) is 0 Å². The lowest BCUT2D eigenvalue weighted by Crippen LogP contribution is -2.22. The molecule has 1 aromatic rings. The summed E-state index contributed by atoms with van der Waals surface area (Å²) in [5.74, 6) is 1.03. The zero-order valence-corrected chi connectivity index (χ0v) is 9.83. The lowest BCUT2D eigenvalue weighted by Gasteiger charge is -2.16. The van der Waals surface area contributed by atoms with E-state index in [9.17, 15) is 5.11 Å². The first kappa shape index (κ1) is 10.7. The van der Waals surface area contributed by atoms with E-state index < -0.39 is 5.60 Å². The third kappa shape index (κ3) is 2.23. The number of benzene rings is 1. The molecule has 0 bridgehead atoms. The third-order valence-electron chi connectivity index (χ3n) is 3.51. The fourth-order valence-electron chi connectivity index (χ4n) is 2.34. The molecule has 1 aromatic carbocycles. The van der Waals surface area contributed by atoms with Crippen molar-refractivity contribution in [1.82, 2.24) is 0 Å². The van der Waals surface area contributed by atoms with E-state index in [2.05, 4.69) is 31.2 Å². The quantitative estimate of drug-likeness (QED) is 0.802. The number of hydrogen-bond donors (Lipinski definition) is 1. The maximum absolute atomic E-state index is 9.89. The van der Waals surface area contributed by atoms with Gasteiger partial charge in [0, 0.05) is 0 Å². The lowest BCUT2D eigenvalue weighted by molar-refractivity contribution is 0.0546. The summed E-state index contributed by atoms with van der Waals surface area (Å²) < 4.78 is 0. The van der Waals surface area contributed by atoms with Gasteiger partial charge in [-0.2, -0.15) is 0 Å². The second-order valence-electron chi connectivity index (χ2n) is 5.20. The molecule has 0 amide bonds. The van der Waals surface area contributed by atoms with Gasteiger partial charge in [0.2, 0.25) is 0 Å². The van der Waals surface area contributed by atoms with E-state index in [0.717, 1.165) is 12.8 Å². The molecule has 0 aliphatic heterocycles. The molecular weight excluding hydrogens is 184 g/mol. The maximum atomic E-state index is 9.89. The summed E-state index contributed by atoms with van der Waals surface area (Å²) in [5, 5.41) is 9.89. The van der Waals surface area contributed by atoms with Gasteiger partial charge in [-0.15, -0.1) is 0 Å². The van der Waals surface area contributed by atoms with E-state index >= 15 is 0 Å². The van der Waals surface area contributed by atoms with Crippen molar-refractivity contribution in [3.63, 3.8) is 0 Å². The number of aliphatic hydroxyl groups is 1. The molecule has 1 fully saturated rings. The minimum atomic E-state index is -0.520. The van der Waals surface area contributed by atoms with Gasteiger partial charge < -0.3 is 5.11 Å². The summed E-state index contributed by atoms with van der Waals surface area (Å²) in [4.78, 5) is 0. The van der Waals surface area contributed by atoms with E-state index in [-0.39, 0.29) is 0 Å². The molecule has 0 saturated heterocycles. The van der Waals surface area contributed by atoms with Gasteiger partial charge in [-0.05, 0) is 49.7 Å². The van der Waals surface area contributed by atoms with Crippen LogP contribution in [0.1, 0.15) is 44.2 Å². The van der Waals surface area contributed by atoms with E-state index in [0.29, 0.717) is 11.8 Å². The van der Waals surface area contributed by atoms with Gasteiger partial charge in [0.05, 0.1) is 5.60 Å². The first-order valence-electron chi connectivity index (χ1n) is 5.83. The summed E-state index contributed by atoms with van der Waals surface area (Å²) in [6.45, 7) is 6.00. The van der Waals surface area contributed by atoms with Crippen LogP contribution in [0.3, 0.4) is 0 Å². The molecule has 1 saturated carbocycles. The maximum Gasteiger partial charge on any atom is 0.0625 e. The third-order valence-corrected chi connectivity index (χ3v) is 3.51. The normalized spacial score (nSPS) is 25.3. The van der Waals surface area contributed by atoms with Crippen molar-refractivity contribution in [1.29, 1.82) is 0 Å². The van der Waals surface area contributed by atoms with Gasteiger partial charge in [-0.1, -0.05) is 31.2 Å². The smallest absolute Gasteiger partial charge is 0.0625 e. The van der Waals surface area contributed by atoms with E-state index in [1.54, 1.807) is 0 Å². The standard InChI is InChI=1S/C14H20O/c1-4-10-5-7-11(8-6-10)12-9-13(12)14(2,3)15/h5-8,12-13,15H,4,9H2,1-3H3/t12-,13+/m0/s1. The van der Waals surface area contributed by atoms with Crippen LogP contribution in [-0.2, 0) is 6.42 Å². The number of aryl methyl sites for hydroxylation is 1. The SMILES string of the molecule is CCc1ccc([C@@H]2C[C@H]2C(C)(C)O)cc1.